The minimum absolute atomic E-state index is 0.0276. The Bertz CT molecular complexity index is 626. The summed E-state index contributed by atoms with van der Waals surface area (Å²) < 4.78 is 28.1. The third-order valence-electron chi connectivity index (χ3n) is 2.71. The highest BCUT2D eigenvalue weighted by Gasteiger charge is 2.21. The number of carbonyl (C=O) groups excluding carboxylic acids is 1. The van der Waals surface area contributed by atoms with Gasteiger partial charge < -0.3 is 10.3 Å². The van der Waals surface area contributed by atoms with Gasteiger partial charge in [-0.25, -0.2) is 13.8 Å². The second-order valence-corrected chi connectivity index (χ2v) is 4.13. The van der Waals surface area contributed by atoms with Crippen LogP contribution in [0.3, 0.4) is 0 Å². The second-order valence-electron chi connectivity index (χ2n) is 3.87. The van der Waals surface area contributed by atoms with Crippen LogP contribution in [0.2, 0.25) is 0 Å². The van der Waals surface area contributed by atoms with Crippen LogP contribution in [-0.2, 0) is 10.7 Å². The Morgan fingerprint density at radius 3 is 2.78 bits per heavy atom. The molecular formula is C11H10ClF2N3O. The first-order valence-electron chi connectivity index (χ1n) is 5.16. The average Bonchev–Trinajstić information content (AvgIpc) is 2.66. The lowest BCUT2D eigenvalue weighted by molar-refractivity contribution is -0.120. The molecule has 96 valence electrons. The summed E-state index contributed by atoms with van der Waals surface area (Å²) in [7, 11) is 0. The van der Waals surface area contributed by atoms with Crippen molar-refractivity contribution in [2.45, 2.75) is 18.8 Å². The fraction of sp³-hybridized carbons (Fsp3) is 0.273. The van der Waals surface area contributed by atoms with E-state index in [0.717, 1.165) is 12.1 Å². The Balaban J connectivity index is 2.80. The molecule has 0 aliphatic rings. The monoisotopic (exact) mass is 273 g/mol. The summed E-state index contributed by atoms with van der Waals surface area (Å²) in [4.78, 5) is 15.2. The van der Waals surface area contributed by atoms with Gasteiger partial charge in [0.1, 0.15) is 23.2 Å². The van der Waals surface area contributed by atoms with Crippen LogP contribution in [0.15, 0.2) is 12.1 Å². The van der Waals surface area contributed by atoms with E-state index in [4.69, 9.17) is 17.3 Å². The van der Waals surface area contributed by atoms with Gasteiger partial charge in [0.2, 0.25) is 5.91 Å². The molecule has 1 unspecified atom stereocenters. The minimum atomic E-state index is -0.799. The number of carbonyl (C=O) groups is 1. The normalized spacial score (nSPS) is 12.9. The summed E-state index contributed by atoms with van der Waals surface area (Å²) in [5.41, 5.74) is 5.33. The van der Waals surface area contributed by atoms with E-state index in [1.54, 1.807) is 0 Å². The number of primary amides is 1. The fourth-order valence-corrected chi connectivity index (χ4v) is 2.01. The summed E-state index contributed by atoms with van der Waals surface area (Å²) in [6, 6.07) is 1.04. The number of amides is 1. The standard InChI is InChI=1S/C11H10ClF2N3O/c1-5(11(15)18)17-8-3-6(13)2-7(14)10(8)16-9(17)4-12/h2-3,5H,4H2,1H3,(H2,15,18). The third-order valence-corrected chi connectivity index (χ3v) is 2.94. The van der Waals surface area contributed by atoms with E-state index >= 15 is 0 Å². The molecule has 1 heterocycles. The molecule has 18 heavy (non-hydrogen) atoms. The van der Waals surface area contributed by atoms with Gasteiger partial charge in [-0.1, -0.05) is 0 Å². The zero-order chi connectivity index (χ0) is 13.4. The number of aromatic nitrogens is 2. The molecule has 0 spiro atoms. The number of nitrogens with zero attached hydrogens (tertiary/aromatic N) is 2. The van der Waals surface area contributed by atoms with Crippen molar-refractivity contribution in [1.82, 2.24) is 9.55 Å². The summed E-state index contributed by atoms with van der Waals surface area (Å²) in [5.74, 6) is -1.95. The summed E-state index contributed by atoms with van der Waals surface area (Å²) in [5, 5.41) is 0. The van der Waals surface area contributed by atoms with Gasteiger partial charge in [0, 0.05) is 12.1 Å². The van der Waals surface area contributed by atoms with E-state index in [1.807, 2.05) is 0 Å². The van der Waals surface area contributed by atoms with Crippen molar-refractivity contribution in [2.75, 3.05) is 0 Å². The molecule has 0 saturated carbocycles. The highest BCUT2D eigenvalue weighted by atomic mass is 35.5. The van der Waals surface area contributed by atoms with Gasteiger partial charge in [-0.15, -0.1) is 11.6 Å². The maximum absolute atomic E-state index is 13.6. The smallest absolute Gasteiger partial charge is 0.240 e. The molecular weight excluding hydrogens is 264 g/mol. The van der Waals surface area contributed by atoms with E-state index in [9.17, 15) is 13.6 Å². The molecule has 1 amide bonds. The maximum atomic E-state index is 13.6. The summed E-state index contributed by atoms with van der Waals surface area (Å²) in [6.07, 6.45) is 0. The molecule has 1 aromatic carbocycles. The van der Waals surface area contributed by atoms with Crippen molar-refractivity contribution in [1.29, 1.82) is 0 Å². The summed E-state index contributed by atoms with van der Waals surface area (Å²) >= 11 is 5.69. The van der Waals surface area contributed by atoms with Gasteiger partial charge in [-0.05, 0) is 6.92 Å². The lowest BCUT2D eigenvalue weighted by atomic mass is 10.2. The Kier molecular flexibility index (Phi) is 3.21. The second kappa shape index (κ2) is 4.53. The van der Waals surface area contributed by atoms with E-state index in [1.165, 1.54) is 11.5 Å². The molecule has 7 heteroatoms. The molecule has 2 rings (SSSR count). The van der Waals surface area contributed by atoms with Gasteiger partial charge in [0.15, 0.2) is 5.82 Å². The number of fused-ring (bicyclic) bond motifs is 1. The van der Waals surface area contributed by atoms with Crippen LogP contribution >= 0.6 is 11.6 Å². The van der Waals surface area contributed by atoms with Gasteiger partial charge in [-0.2, -0.15) is 0 Å². The largest absolute Gasteiger partial charge is 0.368 e. The highest BCUT2D eigenvalue weighted by Crippen LogP contribution is 2.25. The minimum Gasteiger partial charge on any atom is -0.368 e. The third kappa shape index (κ3) is 1.92. The maximum Gasteiger partial charge on any atom is 0.240 e. The van der Waals surface area contributed by atoms with E-state index in [-0.39, 0.29) is 22.7 Å². The molecule has 0 bridgehead atoms. The first-order chi connectivity index (χ1) is 8.45. The van der Waals surface area contributed by atoms with Crippen LogP contribution in [0.4, 0.5) is 8.78 Å². The predicted octanol–water partition coefficient (Wildman–Crippen LogP) is 2.10. The van der Waals surface area contributed by atoms with Crippen molar-refractivity contribution in [3.8, 4) is 0 Å². The Labute approximate surface area is 106 Å². The van der Waals surface area contributed by atoms with Gasteiger partial charge in [-0.3, -0.25) is 4.79 Å². The van der Waals surface area contributed by atoms with Crippen molar-refractivity contribution >= 4 is 28.5 Å². The van der Waals surface area contributed by atoms with Crippen LogP contribution in [0.1, 0.15) is 18.8 Å². The number of benzene rings is 1. The van der Waals surface area contributed by atoms with Crippen LogP contribution < -0.4 is 5.73 Å². The van der Waals surface area contributed by atoms with E-state index < -0.39 is 23.6 Å². The lowest BCUT2D eigenvalue weighted by Crippen LogP contribution is -2.25. The number of nitrogens with two attached hydrogens (primary N) is 1. The SMILES string of the molecule is CC(C(N)=O)n1c(CCl)nc2c(F)cc(F)cc21. The number of halogens is 3. The lowest BCUT2D eigenvalue weighted by Gasteiger charge is -2.13. The average molecular weight is 274 g/mol. The van der Waals surface area contributed by atoms with Crippen molar-refractivity contribution in [3.63, 3.8) is 0 Å². The number of hydrogen-bond acceptors (Lipinski definition) is 2. The predicted molar refractivity (Wildman–Crippen MR) is 63.1 cm³/mol. The van der Waals surface area contributed by atoms with Crippen LogP contribution in [-0.4, -0.2) is 15.5 Å². The Morgan fingerprint density at radius 2 is 2.22 bits per heavy atom. The van der Waals surface area contributed by atoms with Crippen LogP contribution in [0.5, 0.6) is 0 Å². The van der Waals surface area contributed by atoms with Crippen molar-refractivity contribution in [2.24, 2.45) is 5.73 Å². The topological polar surface area (TPSA) is 60.9 Å². The molecule has 2 aromatic rings. The molecule has 0 radical (unpaired) electrons. The molecule has 0 fully saturated rings. The molecule has 0 aliphatic carbocycles. The van der Waals surface area contributed by atoms with E-state index in [0.29, 0.717) is 0 Å². The zero-order valence-corrected chi connectivity index (χ0v) is 10.2. The van der Waals surface area contributed by atoms with Crippen molar-refractivity contribution < 1.29 is 13.6 Å². The molecule has 1 aromatic heterocycles. The van der Waals surface area contributed by atoms with E-state index in [2.05, 4.69) is 4.98 Å². The van der Waals surface area contributed by atoms with Gasteiger partial charge >= 0.3 is 0 Å². The van der Waals surface area contributed by atoms with Crippen LogP contribution in [0.25, 0.3) is 11.0 Å². The fourth-order valence-electron chi connectivity index (χ4n) is 1.82. The molecule has 0 aliphatic heterocycles. The number of alkyl halides is 1. The molecule has 1 atom stereocenters. The molecule has 4 nitrogen and oxygen atoms in total. The summed E-state index contributed by atoms with van der Waals surface area (Å²) in [6.45, 7) is 1.52. The Morgan fingerprint density at radius 1 is 1.56 bits per heavy atom. The van der Waals surface area contributed by atoms with Crippen LogP contribution in [0, 0.1) is 11.6 Å². The Hall–Kier alpha value is -1.69. The first-order valence-corrected chi connectivity index (χ1v) is 5.70. The highest BCUT2D eigenvalue weighted by molar-refractivity contribution is 6.17. The number of imidazole rings is 1. The first kappa shape index (κ1) is 12.8. The number of hydrogen-bond donors (Lipinski definition) is 1. The molecule has 2 N–H and O–H groups in total. The molecule has 0 saturated heterocycles. The zero-order valence-electron chi connectivity index (χ0n) is 9.45. The quantitative estimate of drug-likeness (QED) is 0.871. The van der Waals surface area contributed by atoms with Gasteiger partial charge in [0.05, 0.1) is 11.4 Å². The van der Waals surface area contributed by atoms with Crippen molar-refractivity contribution in [3.05, 3.63) is 29.6 Å². The van der Waals surface area contributed by atoms with Gasteiger partial charge in [0.25, 0.3) is 0 Å². The number of rotatable bonds is 3.